The van der Waals surface area contributed by atoms with E-state index in [2.05, 4.69) is 5.92 Å². The number of benzene rings is 2. The van der Waals surface area contributed by atoms with Gasteiger partial charge in [-0.3, -0.25) is 0 Å². The molecule has 37 heavy (non-hydrogen) atoms. The minimum absolute atomic E-state index is 0.0382. The Morgan fingerprint density at radius 1 is 0.865 bits per heavy atom. The first-order valence-corrected chi connectivity index (χ1v) is 14.3. The summed E-state index contributed by atoms with van der Waals surface area (Å²) >= 11 is 32.6. The normalized spacial score (nSPS) is 16.6. The molecule has 1 aliphatic rings. The van der Waals surface area contributed by atoms with Crippen molar-refractivity contribution < 1.29 is 19.3 Å². The lowest BCUT2D eigenvalue weighted by atomic mass is 9.65. The Bertz CT molecular complexity index is 1050. The van der Waals surface area contributed by atoms with Crippen LogP contribution >= 0.6 is 58.0 Å². The van der Waals surface area contributed by atoms with Crippen molar-refractivity contribution in [3.05, 3.63) is 55.5 Å². The molecule has 2 aromatic carbocycles. The smallest absolute Gasteiger partial charge is 0.156 e. The molecule has 0 radical (unpaired) electrons. The van der Waals surface area contributed by atoms with Crippen LogP contribution in [0.3, 0.4) is 0 Å². The summed E-state index contributed by atoms with van der Waals surface area (Å²) in [6.45, 7) is 2.54. The van der Waals surface area contributed by atoms with Gasteiger partial charge in [0, 0.05) is 17.2 Å². The van der Waals surface area contributed by atoms with Gasteiger partial charge in [0.05, 0.1) is 33.3 Å². The predicted molar refractivity (Wildman–Crippen MR) is 153 cm³/mol. The molecular weight excluding hydrogens is 578 g/mol. The van der Waals surface area contributed by atoms with Gasteiger partial charge in [-0.15, -0.1) is 18.0 Å². The first kappa shape index (κ1) is 30.5. The molecule has 1 aliphatic carbocycles. The second kappa shape index (κ2) is 14.4. The van der Waals surface area contributed by atoms with Crippen LogP contribution in [-0.2, 0) is 10.2 Å². The summed E-state index contributed by atoms with van der Waals surface area (Å²) in [6, 6.07) is 7.61. The van der Waals surface area contributed by atoms with Gasteiger partial charge in [-0.1, -0.05) is 78.5 Å². The lowest BCUT2D eigenvalue weighted by Gasteiger charge is -2.39. The quantitative estimate of drug-likeness (QED) is 0.150. The van der Waals surface area contributed by atoms with Crippen molar-refractivity contribution in [2.45, 2.75) is 50.5 Å². The number of halogens is 5. The highest BCUT2D eigenvalue weighted by Crippen LogP contribution is 2.50. The van der Waals surface area contributed by atoms with E-state index in [0.29, 0.717) is 44.1 Å². The van der Waals surface area contributed by atoms with Crippen LogP contribution in [0.4, 0.5) is 0 Å². The number of alkyl halides is 1. The highest BCUT2D eigenvalue weighted by Gasteiger charge is 2.38. The van der Waals surface area contributed by atoms with Crippen LogP contribution in [0.1, 0.15) is 50.2 Å². The molecule has 1 fully saturated rings. The summed E-state index contributed by atoms with van der Waals surface area (Å²) < 4.78 is 16.8. The molecule has 9 heteroatoms. The summed E-state index contributed by atoms with van der Waals surface area (Å²) in [6.07, 6.45) is 9.28. The van der Waals surface area contributed by atoms with E-state index in [0.717, 1.165) is 43.2 Å². The maximum absolute atomic E-state index is 10.1. The van der Waals surface area contributed by atoms with Gasteiger partial charge >= 0.3 is 0 Å². The summed E-state index contributed by atoms with van der Waals surface area (Å²) in [5.74, 6) is 3.76. The average Bonchev–Trinajstić information content (AvgIpc) is 2.87. The third-order valence-corrected chi connectivity index (χ3v) is 8.15. The molecule has 2 aromatic rings. The Labute approximate surface area is 244 Å². The SMILES string of the molecule is C#CCOC[C@@H](O)COc1c(Cl)cc(C2(c3cc(Cl)c(OC[C@H](C)CCl)c(Cl)c3)CCCCC2)cc1Cl. The van der Waals surface area contributed by atoms with Crippen LogP contribution in [0.25, 0.3) is 0 Å². The zero-order chi connectivity index (χ0) is 27.0. The van der Waals surface area contributed by atoms with Gasteiger partial charge < -0.3 is 19.3 Å². The van der Waals surface area contributed by atoms with Crippen LogP contribution < -0.4 is 9.47 Å². The highest BCUT2D eigenvalue weighted by atomic mass is 35.5. The number of terminal acetylenes is 1. The number of aliphatic hydroxyl groups excluding tert-OH is 1. The first-order valence-electron chi connectivity index (χ1n) is 12.2. The van der Waals surface area contributed by atoms with Crippen molar-refractivity contribution in [3.63, 3.8) is 0 Å². The van der Waals surface area contributed by atoms with Crippen LogP contribution in [-0.4, -0.2) is 43.5 Å². The second-order valence-corrected chi connectivity index (χ2v) is 11.4. The van der Waals surface area contributed by atoms with E-state index < -0.39 is 6.10 Å². The van der Waals surface area contributed by atoms with Gasteiger partial charge in [-0.2, -0.15) is 0 Å². The Morgan fingerprint density at radius 3 is 1.81 bits per heavy atom. The van der Waals surface area contributed by atoms with E-state index in [1.54, 1.807) is 0 Å². The first-order chi connectivity index (χ1) is 17.7. The molecule has 0 unspecified atom stereocenters. The van der Waals surface area contributed by atoms with E-state index in [1.807, 2.05) is 31.2 Å². The van der Waals surface area contributed by atoms with Gasteiger partial charge in [0.1, 0.15) is 19.3 Å². The molecule has 0 aromatic heterocycles. The van der Waals surface area contributed by atoms with Gasteiger partial charge in [0.2, 0.25) is 0 Å². The number of hydrogen-bond acceptors (Lipinski definition) is 4. The predicted octanol–water partition coefficient (Wildman–Crippen LogP) is 8.19. The molecule has 3 rings (SSSR count). The molecule has 0 bridgehead atoms. The van der Waals surface area contributed by atoms with Crippen molar-refractivity contribution in [2.75, 3.05) is 32.3 Å². The summed E-state index contributed by atoms with van der Waals surface area (Å²) in [4.78, 5) is 0. The maximum atomic E-state index is 10.1. The van der Waals surface area contributed by atoms with E-state index in [9.17, 15) is 5.11 Å². The molecule has 0 aliphatic heterocycles. The maximum Gasteiger partial charge on any atom is 0.156 e. The molecule has 2 atom stereocenters. The Morgan fingerprint density at radius 2 is 1.35 bits per heavy atom. The highest BCUT2D eigenvalue weighted by molar-refractivity contribution is 6.38. The standard InChI is InChI=1S/C28H31Cl5O4/c1-3-9-35-16-21(34)17-37-27-24(32)12-20(13-25(27)33)28(7-5-4-6-8-28)19-10-22(30)26(23(31)11-19)36-15-18(2)14-29/h1,10-13,18,21,34H,4-9,14-17H2,2H3/t18-,21-/m1/s1. The monoisotopic (exact) mass is 606 g/mol. The van der Waals surface area contributed by atoms with Gasteiger partial charge in [-0.25, -0.2) is 0 Å². The third kappa shape index (κ3) is 7.76. The molecule has 4 nitrogen and oxygen atoms in total. The van der Waals surface area contributed by atoms with Crippen molar-refractivity contribution in [1.29, 1.82) is 0 Å². The molecule has 1 saturated carbocycles. The zero-order valence-electron chi connectivity index (χ0n) is 20.7. The van der Waals surface area contributed by atoms with Gasteiger partial charge in [-0.05, 0) is 48.2 Å². The van der Waals surface area contributed by atoms with Gasteiger partial charge in [0.15, 0.2) is 11.5 Å². The molecule has 1 N–H and O–H groups in total. The van der Waals surface area contributed by atoms with Gasteiger partial charge in [0.25, 0.3) is 0 Å². The van der Waals surface area contributed by atoms with Crippen molar-refractivity contribution >= 4 is 58.0 Å². The largest absolute Gasteiger partial charge is 0.490 e. The van der Waals surface area contributed by atoms with E-state index in [1.165, 1.54) is 0 Å². The van der Waals surface area contributed by atoms with Crippen LogP contribution in [0.5, 0.6) is 11.5 Å². The molecule has 0 spiro atoms. The van der Waals surface area contributed by atoms with Crippen molar-refractivity contribution in [3.8, 4) is 23.8 Å². The van der Waals surface area contributed by atoms with E-state index in [4.69, 9.17) is 78.6 Å². The molecule has 0 heterocycles. The summed E-state index contributed by atoms with van der Waals surface area (Å²) in [5, 5.41) is 11.7. The number of hydrogen-bond donors (Lipinski definition) is 1. The average molecular weight is 609 g/mol. The fourth-order valence-electron chi connectivity index (χ4n) is 4.60. The fraction of sp³-hybridized carbons (Fsp3) is 0.500. The van der Waals surface area contributed by atoms with E-state index in [-0.39, 0.29) is 31.2 Å². The Balaban J connectivity index is 1.90. The summed E-state index contributed by atoms with van der Waals surface area (Å²) in [5.41, 5.74) is 1.58. The molecule has 202 valence electrons. The minimum atomic E-state index is -0.873. The third-order valence-electron chi connectivity index (χ3n) is 6.50. The minimum Gasteiger partial charge on any atom is -0.490 e. The van der Waals surface area contributed by atoms with Crippen LogP contribution in [0, 0.1) is 18.3 Å². The van der Waals surface area contributed by atoms with Crippen LogP contribution in [0.15, 0.2) is 24.3 Å². The van der Waals surface area contributed by atoms with E-state index >= 15 is 0 Å². The lowest BCUT2D eigenvalue weighted by Crippen LogP contribution is -2.31. The lowest BCUT2D eigenvalue weighted by molar-refractivity contribution is 0.0229. The number of ether oxygens (including phenoxy) is 3. The molecule has 0 saturated heterocycles. The van der Waals surface area contributed by atoms with Crippen molar-refractivity contribution in [2.24, 2.45) is 5.92 Å². The molecule has 0 amide bonds. The second-order valence-electron chi connectivity index (χ2n) is 9.44. The van der Waals surface area contributed by atoms with Crippen LogP contribution in [0.2, 0.25) is 20.1 Å². The topological polar surface area (TPSA) is 47.9 Å². The molecular formula is C28H31Cl5O4. The summed E-state index contributed by atoms with van der Waals surface area (Å²) in [7, 11) is 0. The van der Waals surface area contributed by atoms with Crippen molar-refractivity contribution in [1.82, 2.24) is 0 Å². The number of rotatable bonds is 12. The Hall–Kier alpha value is -1.03. The Kier molecular flexibility index (Phi) is 11.9. The number of aliphatic hydroxyl groups is 1. The fourth-order valence-corrected chi connectivity index (χ4v) is 5.88. The zero-order valence-corrected chi connectivity index (χ0v) is 24.5.